The fourth-order valence-corrected chi connectivity index (χ4v) is 3.46. The predicted octanol–water partition coefficient (Wildman–Crippen LogP) is 2.93. The second-order valence-electron chi connectivity index (χ2n) is 5.95. The third kappa shape index (κ3) is 3.29. The molecule has 16 heavy (non-hydrogen) atoms. The second-order valence-corrected chi connectivity index (χ2v) is 10.9. The molecule has 1 aliphatic carbocycles. The van der Waals surface area contributed by atoms with Crippen LogP contribution in [0.4, 0.5) is 0 Å². The Labute approximate surface area is 99.8 Å². The molecule has 0 aromatic heterocycles. The van der Waals surface area contributed by atoms with Crippen LogP contribution >= 0.6 is 0 Å². The topological polar surface area (TPSA) is 37.3 Å². The summed E-state index contributed by atoms with van der Waals surface area (Å²) in [6.45, 7) is 9.86. The lowest BCUT2D eigenvalue weighted by atomic mass is 9.83. The maximum Gasteiger partial charge on any atom is 0.137 e. The zero-order valence-corrected chi connectivity index (χ0v) is 11.8. The molecule has 0 amide bonds. The van der Waals surface area contributed by atoms with Crippen LogP contribution in [0.2, 0.25) is 19.6 Å². The first kappa shape index (κ1) is 13.7. The SMILES string of the molecule is C=C(C(=O)[Si](C)(C)C)C(O)C1CCCCC1. The molecule has 0 bridgehead atoms. The van der Waals surface area contributed by atoms with Gasteiger partial charge in [-0.3, -0.25) is 0 Å². The van der Waals surface area contributed by atoms with Crippen molar-refractivity contribution >= 4 is 13.5 Å². The molecule has 0 aromatic rings. The third-order valence-electron chi connectivity index (χ3n) is 3.43. The number of hydrogen-bond donors (Lipinski definition) is 1. The van der Waals surface area contributed by atoms with E-state index < -0.39 is 14.2 Å². The van der Waals surface area contributed by atoms with Gasteiger partial charge in [-0.2, -0.15) is 0 Å². The van der Waals surface area contributed by atoms with Crippen molar-refractivity contribution in [3.63, 3.8) is 0 Å². The Morgan fingerprint density at radius 2 is 1.75 bits per heavy atom. The van der Waals surface area contributed by atoms with Gasteiger partial charge in [0.05, 0.1) is 6.10 Å². The summed E-state index contributed by atoms with van der Waals surface area (Å²) >= 11 is 0. The maximum absolute atomic E-state index is 12.1. The van der Waals surface area contributed by atoms with E-state index in [1.54, 1.807) is 0 Å². The van der Waals surface area contributed by atoms with Crippen molar-refractivity contribution in [3.05, 3.63) is 12.2 Å². The average molecular weight is 240 g/mol. The van der Waals surface area contributed by atoms with Gasteiger partial charge in [0.25, 0.3) is 0 Å². The van der Waals surface area contributed by atoms with Gasteiger partial charge in [0.2, 0.25) is 0 Å². The number of aliphatic hydroxyl groups is 1. The van der Waals surface area contributed by atoms with Crippen LogP contribution in [0, 0.1) is 5.92 Å². The maximum atomic E-state index is 12.1. The molecule has 1 unspecified atom stereocenters. The molecule has 0 aliphatic heterocycles. The molecule has 0 spiro atoms. The molecule has 1 fully saturated rings. The molecule has 0 saturated heterocycles. The third-order valence-corrected chi connectivity index (χ3v) is 5.11. The molecule has 1 aliphatic rings. The second kappa shape index (κ2) is 5.28. The van der Waals surface area contributed by atoms with E-state index >= 15 is 0 Å². The van der Waals surface area contributed by atoms with Crippen molar-refractivity contribution in [2.24, 2.45) is 5.92 Å². The summed E-state index contributed by atoms with van der Waals surface area (Å²) in [5, 5.41) is 10.3. The fourth-order valence-electron chi connectivity index (χ4n) is 2.35. The first-order valence-corrected chi connectivity index (χ1v) is 9.75. The Kier molecular flexibility index (Phi) is 4.50. The van der Waals surface area contributed by atoms with Crippen LogP contribution in [0.3, 0.4) is 0 Å². The number of rotatable bonds is 4. The molecule has 0 heterocycles. The van der Waals surface area contributed by atoms with Crippen LogP contribution in [-0.4, -0.2) is 24.7 Å². The van der Waals surface area contributed by atoms with Crippen molar-refractivity contribution in [3.8, 4) is 0 Å². The Morgan fingerprint density at radius 3 is 2.19 bits per heavy atom. The van der Waals surface area contributed by atoms with Crippen LogP contribution in [0.5, 0.6) is 0 Å². The van der Waals surface area contributed by atoms with Gasteiger partial charge in [-0.1, -0.05) is 45.5 Å². The summed E-state index contributed by atoms with van der Waals surface area (Å²) in [6.07, 6.45) is 5.10. The molecule has 0 aromatic carbocycles. The molecule has 1 N–H and O–H groups in total. The average Bonchev–Trinajstić information content (AvgIpc) is 2.26. The Hall–Kier alpha value is -0.413. The van der Waals surface area contributed by atoms with Crippen LogP contribution in [0.15, 0.2) is 12.2 Å². The van der Waals surface area contributed by atoms with E-state index in [1.165, 1.54) is 19.3 Å². The minimum atomic E-state index is -1.85. The van der Waals surface area contributed by atoms with Crippen molar-refractivity contribution in [2.75, 3.05) is 0 Å². The summed E-state index contributed by atoms with van der Waals surface area (Å²) in [7, 11) is -1.85. The lowest BCUT2D eigenvalue weighted by Gasteiger charge is -2.29. The van der Waals surface area contributed by atoms with Gasteiger partial charge in [0.1, 0.15) is 13.5 Å². The molecule has 1 rings (SSSR count). The zero-order valence-electron chi connectivity index (χ0n) is 10.8. The van der Waals surface area contributed by atoms with E-state index in [9.17, 15) is 9.90 Å². The van der Waals surface area contributed by atoms with Gasteiger partial charge in [0.15, 0.2) is 0 Å². The molecule has 1 atom stereocenters. The smallest absolute Gasteiger partial charge is 0.137 e. The highest BCUT2D eigenvalue weighted by Crippen LogP contribution is 2.30. The zero-order chi connectivity index (χ0) is 12.3. The normalized spacial score (nSPS) is 20.5. The minimum absolute atomic E-state index is 0.130. The first-order valence-electron chi connectivity index (χ1n) is 6.25. The van der Waals surface area contributed by atoms with E-state index in [4.69, 9.17) is 0 Å². The predicted molar refractivity (Wildman–Crippen MR) is 70.1 cm³/mol. The molecule has 1 saturated carbocycles. The fraction of sp³-hybridized carbons (Fsp3) is 0.769. The monoisotopic (exact) mass is 240 g/mol. The lowest BCUT2D eigenvalue weighted by molar-refractivity contribution is -0.110. The quantitative estimate of drug-likeness (QED) is 0.606. The molecule has 92 valence electrons. The highest BCUT2D eigenvalue weighted by molar-refractivity contribution is 7.05. The van der Waals surface area contributed by atoms with Crippen molar-refractivity contribution < 1.29 is 9.90 Å². The molecular weight excluding hydrogens is 216 g/mol. The van der Waals surface area contributed by atoms with Crippen LogP contribution in [-0.2, 0) is 4.79 Å². The van der Waals surface area contributed by atoms with Gasteiger partial charge in [0, 0.05) is 5.57 Å². The van der Waals surface area contributed by atoms with Crippen LogP contribution in [0.25, 0.3) is 0 Å². The summed E-state index contributed by atoms with van der Waals surface area (Å²) < 4.78 is 0. The van der Waals surface area contributed by atoms with Crippen LogP contribution < -0.4 is 0 Å². The Balaban J connectivity index is 2.62. The van der Waals surface area contributed by atoms with Gasteiger partial charge in [-0.25, -0.2) is 0 Å². The summed E-state index contributed by atoms with van der Waals surface area (Å²) in [4.78, 5) is 12.1. The van der Waals surface area contributed by atoms with Gasteiger partial charge in [-0.05, 0) is 18.8 Å². The van der Waals surface area contributed by atoms with Crippen molar-refractivity contribution in [2.45, 2.75) is 57.8 Å². The highest BCUT2D eigenvalue weighted by atomic mass is 28.3. The van der Waals surface area contributed by atoms with Gasteiger partial charge >= 0.3 is 0 Å². The Bertz CT molecular complexity index is 272. The molecule has 3 heteroatoms. The number of carbonyl (C=O) groups is 1. The van der Waals surface area contributed by atoms with Crippen molar-refractivity contribution in [1.29, 1.82) is 0 Å². The first-order chi connectivity index (χ1) is 7.34. The van der Waals surface area contributed by atoms with Gasteiger partial charge in [-0.15, -0.1) is 0 Å². The summed E-state index contributed by atoms with van der Waals surface area (Å²) in [5.41, 5.74) is 0.464. The standard InChI is InChI=1S/C13H24O2Si/c1-10(13(15)16(2,3)4)12(14)11-8-6-5-7-9-11/h11-12,14H,1,5-9H2,2-4H3. The lowest BCUT2D eigenvalue weighted by Crippen LogP contribution is -2.40. The van der Waals surface area contributed by atoms with Crippen molar-refractivity contribution in [1.82, 2.24) is 0 Å². The molecular formula is C13H24O2Si. The Morgan fingerprint density at radius 1 is 1.25 bits per heavy atom. The minimum Gasteiger partial charge on any atom is -0.388 e. The summed E-state index contributed by atoms with van der Waals surface area (Å²) in [5.74, 6) is 0.265. The van der Waals surface area contributed by atoms with E-state index in [1.807, 2.05) is 19.6 Å². The summed E-state index contributed by atoms with van der Waals surface area (Å²) in [6, 6.07) is 0. The molecule has 2 nitrogen and oxygen atoms in total. The van der Waals surface area contributed by atoms with E-state index in [0.29, 0.717) is 5.57 Å². The van der Waals surface area contributed by atoms with E-state index in [0.717, 1.165) is 12.8 Å². The van der Waals surface area contributed by atoms with E-state index in [-0.39, 0.29) is 11.3 Å². The number of aliphatic hydroxyl groups excluding tert-OH is 1. The number of carbonyl (C=O) groups excluding carboxylic acids is 1. The highest BCUT2D eigenvalue weighted by Gasteiger charge is 2.33. The van der Waals surface area contributed by atoms with E-state index in [2.05, 4.69) is 6.58 Å². The largest absolute Gasteiger partial charge is 0.388 e. The van der Waals surface area contributed by atoms with Gasteiger partial charge < -0.3 is 9.90 Å². The van der Waals surface area contributed by atoms with Crippen LogP contribution in [0.1, 0.15) is 32.1 Å². The number of hydrogen-bond acceptors (Lipinski definition) is 2. The molecule has 0 radical (unpaired) electrons.